The van der Waals surface area contributed by atoms with Gasteiger partial charge < -0.3 is 33.8 Å². The third-order valence-electron chi connectivity index (χ3n) is 17.4. The van der Waals surface area contributed by atoms with Crippen molar-refractivity contribution in [3.8, 4) is 0 Å². The van der Waals surface area contributed by atoms with Crippen molar-refractivity contribution in [1.29, 1.82) is 0 Å². The maximum absolute atomic E-state index is 13.1. The number of rotatable bonds is 77. The van der Waals surface area contributed by atoms with E-state index in [1.54, 1.807) is 0 Å². The van der Waals surface area contributed by atoms with Gasteiger partial charge in [-0.05, 0) is 135 Å². The Morgan fingerprint density at radius 2 is 0.490 bits per heavy atom. The number of aliphatic hydroxyl groups excluding tert-OH is 1. The summed E-state index contributed by atoms with van der Waals surface area (Å²) in [7, 11) is -9.95. The molecule has 0 fully saturated rings. The predicted octanol–water partition coefficient (Wildman–Crippen LogP) is 23.5. The minimum Gasteiger partial charge on any atom is -0.462 e. The monoisotopic (exact) mass is 1460 g/mol. The van der Waals surface area contributed by atoms with Crippen molar-refractivity contribution in [1.82, 2.24) is 0 Å². The van der Waals surface area contributed by atoms with E-state index < -0.39 is 97.5 Å². The number of esters is 4. The van der Waals surface area contributed by atoms with Crippen LogP contribution >= 0.6 is 15.6 Å². The number of hydrogen-bond acceptors (Lipinski definition) is 15. The average Bonchev–Trinajstić information content (AvgIpc) is 1.01. The van der Waals surface area contributed by atoms with Crippen LogP contribution in [0.25, 0.3) is 0 Å². The summed E-state index contributed by atoms with van der Waals surface area (Å²) in [5.41, 5.74) is 0. The molecule has 3 N–H and O–H groups in total. The van der Waals surface area contributed by atoms with Crippen molar-refractivity contribution in [2.24, 2.45) is 0 Å². The molecule has 100 heavy (non-hydrogen) atoms. The smallest absolute Gasteiger partial charge is 0.462 e. The molecule has 0 amide bonds. The lowest BCUT2D eigenvalue weighted by atomic mass is 10.1. The molecular formula is C81H148O17P2. The zero-order chi connectivity index (χ0) is 73.2. The molecule has 0 radical (unpaired) electrons. The molecule has 0 rings (SSSR count). The number of unbranched alkanes of at least 4 members (excludes halogenated alkanes) is 41. The van der Waals surface area contributed by atoms with E-state index in [9.17, 15) is 43.2 Å². The average molecular weight is 1460 g/mol. The third kappa shape index (κ3) is 73.1. The molecule has 19 heteroatoms. The number of carbonyl (C=O) groups is 4. The van der Waals surface area contributed by atoms with Gasteiger partial charge in [-0.2, -0.15) is 0 Å². The van der Waals surface area contributed by atoms with E-state index in [-0.39, 0.29) is 25.7 Å². The topological polar surface area (TPSA) is 237 Å². The fraction of sp³-hybridized carbons (Fsp3) is 0.827. The van der Waals surface area contributed by atoms with Gasteiger partial charge in [0.25, 0.3) is 0 Å². The third-order valence-corrected chi connectivity index (χ3v) is 19.3. The predicted molar refractivity (Wildman–Crippen MR) is 409 cm³/mol. The molecule has 0 aromatic heterocycles. The number of carbonyl (C=O) groups excluding carboxylic acids is 4. The lowest BCUT2D eigenvalue weighted by Gasteiger charge is -2.21. The van der Waals surface area contributed by atoms with Gasteiger partial charge in [0.15, 0.2) is 12.2 Å². The zero-order valence-electron chi connectivity index (χ0n) is 63.9. The molecular weight excluding hydrogens is 1310 g/mol. The normalized spacial score (nSPS) is 14.2. The van der Waals surface area contributed by atoms with E-state index in [4.69, 9.17) is 37.0 Å². The minimum atomic E-state index is -4.98. The molecule has 2 unspecified atom stereocenters. The van der Waals surface area contributed by atoms with Crippen molar-refractivity contribution in [2.75, 3.05) is 39.6 Å². The highest BCUT2D eigenvalue weighted by atomic mass is 31.2. The molecule has 584 valence electrons. The van der Waals surface area contributed by atoms with Crippen molar-refractivity contribution < 1.29 is 80.2 Å². The summed E-state index contributed by atoms with van der Waals surface area (Å²) in [6, 6.07) is 0. The maximum Gasteiger partial charge on any atom is 0.472 e. The summed E-state index contributed by atoms with van der Waals surface area (Å²) in [6.45, 7) is 4.86. The Morgan fingerprint density at radius 3 is 0.770 bits per heavy atom. The Morgan fingerprint density at radius 1 is 0.280 bits per heavy atom. The van der Waals surface area contributed by atoms with Gasteiger partial charge in [-0.1, -0.05) is 275 Å². The first kappa shape index (κ1) is 96.8. The fourth-order valence-corrected chi connectivity index (χ4v) is 12.8. The second-order valence-electron chi connectivity index (χ2n) is 27.3. The van der Waals surface area contributed by atoms with Crippen LogP contribution in [0.5, 0.6) is 0 Å². The van der Waals surface area contributed by atoms with Crippen LogP contribution in [0.1, 0.15) is 374 Å². The Balaban J connectivity index is 5.36. The zero-order valence-corrected chi connectivity index (χ0v) is 65.7. The molecule has 5 atom stereocenters. The highest BCUT2D eigenvalue weighted by Crippen LogP contribution is 2.45. The number of aliphatic hydroxyl groups is 1. The SMILES string of the molecule is CCCCC/C=C\C/C=C\CCCCCCCC(=O)OC[C@H](COP(=O)(O)OC[C@@H](O)COP(=O)(O)OC[C@@H](COC(=O)CCCCCCC/C=C\CCCCCCCC)OC(=O)CCCCCCC/C=C\CCCCCCCC)OC(=O)CCCCCCC/C=C\CCCCCCCC. The lowest BCUT2D eigenvalue weighted by Crippen LogP contribution is -2.30. The van der Waals surface area contributed by atoms with Gasteiger partial charge in [0.05, 0.1) is 26.4 Å². The number of ether oxygens (including phenoxy) is 4. The van der Waals surface area contributed by atoms with Crippen LogP contribution in [-0.4, -0.2) is 96.7 Å². The van der Waals surface area contributed by atoms with E-state index in [1.807, 2.05) is 0 Å². The van der Waals surface area contributed by atoms with E-state index in [1.165, 1.54) is 135 Å². The van der Waals surface area contributed by atoms with Crippen LogP contribution in [0.15, 0.2) is 60.8 Å². The molecule has 0 spiro atoms. The minimum absolute atomic E-state index is 0.0855. The van der Waals surface area contributed by atoms with Crippen LogP contribution < -0.4 is 0 Å². The summed E-state index contributed by atoms with van der Waals surface area (Å²) < 4.78 is 68.6. The first-order chi connectivity index (χ1) is 48.7. The van der Waals surface area contributed by atoms with Crippen LogP contribution in [0.3, 0.4) is 0 Å². The summed E-state index contributed by atoms with van der Waals surface area (Å²) in [5.74, 6) is -2.19. The number of phosphoric ester groups is 2. The van der Waals surface area contributed by atoms with E-state index >= 15 is 0 Å². The largest absolute Gasteiger partial charge is 0.472 e. The molecule has 0 aliphatic heterocycles. The molecule has 0 aliphatic carbocycles. The lowest BCUT2D eigenvalue weighted by molar-refractivity contribution is -0.161. The Bertz CT molecular complexity index is 2130. The summed E-state index contributed by atoms with van der Waals surface area (Å²) >= 11 is 0. The van der Waals surface area contributed by atoms with Crippen LogP contribution in [0.2, 0.25) is 0 Å². The Hall–Kier alpha value is -3.24. The van der Waals surface area contributed by atoms with E-state index in [2.05, 4.69) is 88.5 Å². The van der Waals surface area contributed by atoms with Crippen molar-refractivity contribution >= 4 is 39.5 Å². The Kier molecular flexibility index (Phi) is 71.6. The standard InChI is InChI=1S/C81H148O17P2/c1-5-9-13-17-21-25-29-33-37-41-45-49-53-57-61-65-78(83)91-71-76(97-80(85)67-63-59-55-51-47-43-39-35-31-27-23-19-15-11-7-3)73-95-99(87,88)93-69-75(82)70-94-100(89,90)96-74-77(98-81(86)68-64-60-56-52-48-44-40-36-32-28-24-20-16-12-8-4)72-92-79(84)66-62-58-54-50-46-42-38-34-30-26-22-18-14-10-6-2/h21,25,33-40,75-77,82H,5-20,22-24,26-32,41-74H2,1-4H3,(H,87,88)(H,89,90)/b25-21-,37-33-,38-34-,39-35-,40-36-/t75-,76-,77-/m1/s1. The first-order valence-electron chi connectivity index (χ1n) is 40.5. The van der Waals surface area contributed by atoms with Gasteiger partial charge >= 0.3 is 39.5 Å². The molecule has 0 heterocycles. The first-order valence-corrected chi connectivity index (χ1v) is 43.5. The fourth-order valence-electron chi connectivity index (χ4n) is 11.2. The number of hydrogen-bond donors (Lipinski definition) is 3. The quantitative estimate of drug-likeness (QED) is 0.0169. The molecule has 0 saturated heterocycles. The van der Waals surface area contributed by atoms with E-state index in [0.717, 1.165) is 161 Å². The molecule has 0 bridgehead atoms. The van der Waals surface area contributed by atoms with Gasteiger partial charge in [0, 0.05) is 25.7 Å². The van der Waals surface area contributed by atoms with Gasteiger partial charge in [-0.3, -0.25) is 37.3 Å². The highest BCUT2D eigenvalue weighted by Gasteiger charge is 2.30. The second-order valence-corrected chi connectivity index (χ2v) is 30.3. The highest BCUT2D eigenvalue weighted by molar-refractivity contribution is 7.47. The molecule has 0 aromatic carbocycles. The van der Waals surface area contributed by atoms with Gasteiger partial charge in [-0.15, -0.1) is 0 Å². The van der Waals surface area contributed by atoms with Crippen molar-refractivity contribution in [3.63, 3.8) is 0 Å². The van der Waals surface area contributed by atoms with Gasteiger partial charge in [0.1, 0.15) is 19.3 Å². The van der Waals surface area contributed by atoms with Crippen LogP contribution in [0.4, 0.5) is 0 Å². The van der Waals surface area contributed by atoms with E-state index in [0.29, 0.717) is 25.7 Å². The summed E-state index contributed by atoms with van der Waals surface area (Å²) in [6.07, 6.45) is 73.3. The number of allylic oxidation sites excluding steroid dienone is 10. The van der Waals surface area contributed by atoms with Gasteiger partial charge in [0.2, 0.25) is 0 Å². The van der Waals surface area contributed by atoms with Crippen LogP contribution in [0, 0.1) is 0 Å². The molecule has 0 aromatic rings. The van der Waals surface area contributed by atoms with Crippen molar-refractivity contribution in [3.05, 3.63) is 60.8 Å². The summed E-state index contributed by atoms with van der Waals surface area (Å²) in [5, 5.41) is 10.6. The summed E-state index contributed by atoms with van der Waals surface area (Å²) in [4.78, 5) is 73.0. The molecule has 0 saturated carbocycles. The molecule has 17 nitrogen and oxygen atoms in total. The second kappa shape index (κ2) is 74.0. The molecule has 0 aliphatic rings. The van der Waals surface area contributed by atoms with Crippen molar-refractivity contribution in [2.45, 2.75) is 393 Å². The number of phosphoric acid groups is 2. The van der Waals surface area contributed by atoms with Gasteiger partial charge in [-0.25, -0.2) is 9.13 Å². The van der Waals surface area contributed by atoms with Crippen LogP contribution in [-0.2, 0) is 65.4 Å². The Labute approximate surface area is 610 Å². The maximum atomic E-state index is 13.1.